The highest BCUT2D eigenvalue weighted by molar-refractivity contribution is 5.86. The van der Waals surface area contributed by atoms with Crippen LogP contribution >= 0.6 is 0 Å². The molecule has 0 aliphatic carbocycles. The molecule has 2 amide bonds. The number of carboxylic acid groups (broad SMARTS) is 1. The van der Waals surface area contributed by atoms with Gasteiger partial charge < -0.3 is 20.7 Å². The molecule has 0 aromatic rings. The Morgan fingerprint density at radius 2 is 1.96 bits per heavy atom. The Bertz CT molecular complexity index is 528. The molecule has 9 nitrogen and oxygen atoms in total. The number of nitrogens with two attached hydrogens (primary N) is 1. The Hall–Kier alpha value is -2.29. The average Bonchev–Trinajstić information content (AvgIpc) is 2.81. The number of carboxylic acids is 1. The number of aliphatic hydroxyl groups excluding tert-OH is 1. The summed E-state index contributed by atoms with van der Waals surface area (Å²) in [6, 6.07) is -1.30. The van der Waals surface area contributed by atoms with E-state index in [1.54, 1.807) is 20.8 Å². The van der Waals surface area contributed by atoms with Gasteiger partial charge in [-0.25, -0.2) is 9.59 Å². The summed E-state index contributed by atoms with van der Waals surface area (Å²) in [6.45, 7) is 8.20. The quantitative estimate of drug-likeness (QED) is 0.510. The van der Waals surface area contributed by atoms with Gasteiger partial charge in [-0.05, 0) is 33.6 Å². The molecule has 0 unspecified atom stereocenters. The molecular weight excluding hydrogens is 318 g/mol. The zero-order valence-corrected chi connectivity index (χ0v) is 14.2. The van der Waals surface area contributed by atoms with E-state index in [0.717, 1.165) is 4.90 Å². The maximum absolute atomic E-state index is 12.3. The van der Waals surface area contributed by atoms with Gasteiger partial charge in [-0.1, -0.05) is 6.58 Å². The molecule has 0 saturated carbocycles. The maximum atomic E-state index is 12.3. The summed E-state index contributed by atoms with van der Waals surface area (Å²) in [7, 11) is 0. The topological polar surface area (TPSA) is 142 Å². The number of hydrogen-bond acceptors (Lipinski definition) is 6. The van der Waals surface area contributed by atoms with Gasteiger partial charge in [0, 0.05) is 13.1 Å². The van der Waals surface area contributed by atoms with Crippen LogP contribution in [0.4, 0.5) is 4.79 Å². The van der Waals surface area contributed by atoms with Gasteiger partial charge in [0.05, 0.1) is 0 Å². The van der Waals surface area contributed by atoms with Crippen molar-refractivity contribution in [1.29, 1.82) is 0 Å². The lowest BCUT2D eigenvalue weighted by atomic mass is 9.95. The fourth-order valence-corrected chi connectivity index (χ4v) is 2.60. The summed E-state index contributed by atoms with van der Waals surface area (Å²) in [5, 5.41) is 21.7. The number of likely N-dealkylation sites (tertiary alicyclic amines) is 1. The fraction of sp³-hybridized carbons (Fsp3) is 0.667. The van der Waals surface area contributed by atoms with Gasteiger partial charge in [-0.2, -0.15) is 0 Å². The summed E-state index contributed by atoms with van der Waals surface area (Å²) < 4.78 is 5.27. The first kappa shape index (κ1) is 19.8. The van der Waals surface area contributed by atoms with Crippen LogP contribution < -0.4 is 11.1 Å². The highest BCUT2D eigenvalue weighted by Gasteiger charge is 2.51. The number of ether oxygens (including phenoxy) is 1. The Morgan fingerprint density at radius 3 is 2.38 bits per heavy atom. The van der Waals surface area contributed by atoms with E-state index in [1.807, 2.05) is 0 Å². The first-order valence-electron chi connectivity index (χ1n) is 7.55. The zero-order valence-electron chi connectivity index (χ0n) is 14.2. The van der Waals surface area contributed by atoms with Crippen molar-refractivity contribution >= 4 is 18.0 Å². The molecule has 0 spiro atoms. The molecule has 2 atom stereocenters. The largest absolute Gasteiger partial charge is 0.511 e. The molecule has 1 fully saturated rings. The number of nitrogens with zero attached hydrogens (tertiary/aromatic N) is 1. The highest BCUT2D eigenvalue weighted by Crippen LogP contribution is 2.31. The van der Waals surface area contributed by atoms with Gasteiger partial charge in [-0.3, -0.25) is 15.0 Å². The first-order chi connectivity index (χ1) is 10.9. The van der Waals surface area contributed by atoms with Crippen molar-refractivity contribution in [2.45, 2.75) is 50.8 Å². The molecule has 0 aromatic heterocycles. The molecule has 136 valence electrons. The molecule has 24 heavy (non-hydrogen) atoms. The Kier molecular flexibility index (Phi) is 5.83. The zero-order chi connectivity index (χ0) is 18.7. The monoisotopic (exact) mass is 343 g/mol. The van der Waals surface area contributed by atoms with Gasteiger partial charge >= 0.3 is 12.1 Å². The second kappa shape index (κ2) is 7.08. The molecule has 1 rings (SSSR count). The number of aliphatic hydroxyl groups is 1. The summed E-state index contributed by atoms with van der Waals surface area (Å²) >= 11 is 0. The number of rotatable bonds is 6. The molecule has 0 aromatic carbocycles. The van der Waals surface area contributed by atoms with E-state index in [0.29, 0.717) is 6.42 Å². The van der Waals surface area contributed by atoms with E-state index >= 15 is 0 Å². The third kappa shape index (κ3) is 4.38. The van der Waals surface area contributed by atoms with Crippen LogP contribution in [0.3, 0.4) is 0 Å². The van der Waals surface area contributed by atoms with E-state index in [-0.39, 0.29) is 19.5 Å². The van der Waals surface area contributed by atoms with Crippen molar-refractivity contribution in [1.82, 2.24) is 10.2 Å². The number of amides is 2. The van der Waals surface area contributed by atoms with Crippen molar-refractivity contribution in [3.8, 4) is 0 Å². The van der Waals surface area contributed by atoms with Crippen LogP contribution in [0.2, 0.25) is 0 Å². The average molecular weight is 343 g/mol. The normalized spacial score (nSPS) is 22.0. The molecule has 9 heteroatoms. The van der Waals surface area contributed by atoms with Crippen molar-refractivity contribution in [2.75, 3.05) is 13.1 Å². The van der Waals surface area contributed by atoms with Gasteiger partial charge in [0.2, 0.25) is 5.91 Å². The minimum Gasteiger partial charge on any atom is -0.511 e. The Labute approximate surface area is 140 Å². The summed E-state index contributed by atoms with van der Waals surface area (Å²) in [5.41, 5.74) is 2.78. The van der Waals surface area contributed by atoms with Crippen LogP contribution in [0.15, 0.2) is 12.3 Å². The van der Waals surface area contributed by atoms with Gasteiger partial charge in [0.1, 0.15) is 17.4 Å². The summed E-state index contributed by atoms with van der Waals surface area (Å²) in [4.78, 5) is 36.7. The Balaban J connectivity index is 3.01. The molecule has 1 saturated heterocycles. The van der Waals surface area contributed by atoms with Gasteiger partial charge in [-0.15, -0.1) is 0 Å². The number of hydrogen-bond donors (Lipinski definition) is 4. The number of carbonyl (C=O) groups is 3. The van der Waals surface area contributed by atoms with E-state index < -0.39 is 40.9 Å². The molecule has 0 radical (unpaired) electrons. The molecule has 1 aliphatic heterocycles. The first-order valence-corrected chi connectivity index (χ1v) is 7.55. The summed E-state index contributed by atoms with van der Waals surface area (Å²) in [5.74, 6) is -2.65. The minimum atomic E-state index is -1.59. The standard InChI is InChI=1S/C15H25N3O6/c1-9(19)10(11(16)20)17-8-15(12(21)22)6-5-7-18(15)13(23)24-14(2,3)4/h10,17,19H,1,5-8H2,2-4H3,(H2,16,20)(H,21,22)/t10-,15-/m0/s1. The van der Waals surface area contributed by atoms with Crippen LogP contribution in [0.25, 0.3) is 0 Å². The number of nitrogens with one attached hydrogen (secondary N) is 1. The fourth-order valence-electron chi connectivity index (χ4n) is 2.60. The van der Waals surface area contributed by atoms with Crippen molar-refractivity contribution in [2.24, 2.45) is 5.73 Å². The lowest BCUT2D eigenvalue weighted by Crippen LogP contribution is -2.61. The predicted octanol–water partition coefficient (Wildman–Crippen LogP) is 0.356. The second-order valence-corrected chi connectivity index (χ2v) is 6.78. The highest BCUT2D eigenvalue weighted by atomic mass is 16.6. The molecule has 5 N–H and O–H groups in total. The third-order valence-electron chi connectivity index (χ3n) is 3.72. The molecule has 1 heterocycles. The molecule has 1 aliphatic rings. The number of carbonyl (C=O) groups excluding carboxylic acids is 2. The smallest absolute Gasteiger partial charge is 0.411 e. The predicted molar refractivity (Wildman–Crippen MR) is 85.3 cm³/mol. The van der Waals surface area contributed by atoms with Gasteiger partial charge in [0.25, 0.3) is 0 Å². The number of primary amides is 1. The summed E-state index contributed by atoms with van der Waals surface area (Å²) in [6.07, 6.45) is -0.102. The maximum Gasteiger partial charge on any atom is 0.411 e. The second-order valence-electron chi connectivity index (χ2n) is 6.78. The van der Waals surface area contributed by atoms with Crippen molar-refractivity contribution < 1.29 is 29.3 Å². The lowest BCUT2D eigenvalue weighted by Gasteiger charge is -2.36. The molecule has 0 bridgehead atoms. The van der Waals surface area contributed by atoms with Crippen LogP contribution in [-0.2, 0) is 14.3 Å². The Morgan fingerprint density at radius 1 is 1.38 bits per heavy atom. The van der Waals surface area contributed by atoms with E-state index in [1.165, 1.54) is 0 Å². The van der Waals surface area contributed by atoms with E-state index in [2.05, 4.69) is 11.9 Å². The minimum absolute atomic E-state index is 0.179. The van der Waals surface area contributed by atoms with Crippen molar-refractivity contribution in [3.05, 3.63) is 12.3 Å². The third-order valence-corrected chi connectivity index (χ3v) is 3.72. The van der Waals surface area contributed by atoms with Crippen molar-refractivity contribution in [3.63, 3.8) is 0 Å². The van der Waals surface area contributed by atoms with Crippen LogP contribution in [0.1, 0.15) is 33.6 Å². The van der Waals surface area contributed by atoms with E-state index in [4.69, 9.17) is 10.5 Å². The molecular formula is C15H25N3O6. The van der Waals surface area contributed by atoms with Crippen LogP contribution in [-0.4, -0.2) is 63.4 Å². The van der Waals surface area contributed by atoms with Crippen LogP contribution in [0, 0.1) is 0 Å². The lowest BCUT2D eigenvalue weighted by molar-refractivity contribution is -0.149. The number of aliphatic carboxylic acids is 1. The van der Waals surface area contributed by atoms with Crippen LogP contribution in [0.5, 0.6) is 0 Å². The SMILES string of the molecule is C=C(O)[C@H](NC[C@]1(C(=O)O)CCCN1C(=O)OC(C)(C)C)C(N)=O. The van der Waals surface area contributed by atoms with Gasteiger partial charge in [0.15, 0.2) is 5.54 Å². The van der Waals surface area contributed by atoms with E-state index in [9.17, 15) is 24.6 Å².